The molecule has 0 atom stereocenters. The van der Waals surface area contributed by atoms with Gasteiger partial charge >= 0.3 is 5.69 Å². The van der Waals surface area contributed by atoms with E-state index < -0.39 is 23.7 Å². The predicted octanol–water partition coefficient (Wildman–Crippen LogP) is 1.90. The lowest BCUT2D eigenvalue weighted by atomic mass is 10.2. The summed E-state index contributed by atoms with van der Waals surface area (Å²) in [6.45, 7) is -0.291. The number of amides is 1. The number of nitrogens with zero attached hydrogens (tertiary/aromatic N) is 2. The first-order chi connectivity index (χ1) is 13.5. The van der Waals surface area contributed by atoms with Gasteiger partial charge in [0.15, 0.2) is 0 Å². The molecule has 0 aliphatic heterocycles. The van der Waals surface area contributed by atoms with Gasteiger partial charge < -0.3 is 9.73 Å². The third-order valence-electron chi connectivity index (χ3n) is 4.57. The van der Waals surface area contributed by atoms with Gasteiger partial charge in [-0.05, 0) is 29.8 Å². The highest BCUT2D eigenvalue weighted by Crippen LogP contribution is 2.24. The van der Waals surface area contributed by atoms with Crippen molar-refractivity contribution < 1.29 is 13.6 Å². The molecule has 4 rings (SSSR count). The van der Waals surface area contributed by atoms with Crippen LogP contribution in [0.4, 0.5) is 4.39 Å². The van der Waals surface area contributed by atoms with E-state index in [1.54, 1.807) is 36.4 Å². The van der Waals surface area contributed by atoms with Crippen molar-refractivity contribution in [3.05, 3.63) is 80.7 Å². The Balaban J connectivity index is 1.66. The van der Waals surface area contributed by atoms with Crippen molar-refractivity contribution in [1.82, 2.24) is 14.5 Å². The number of aryl methyl sites for hydroxylation is 1. The number of fused-ring (bicyclic) bond motifs is 3. The minimum Gasteiger partial charge on any atom is -0.449 e. The molecule has 0 spiro atoms. The number of hydrogen-bond donors (Lipinski definition) is 1. The van der Waals surface area contributed by atoms with Gasteiger partial charge in [-0.25, -0.2) is 13.8 Å². The van der Waals surface area contributed by atoms with Crippen LogP contribution in [0.15, 0.2) is 62.5 Å². The van der Waals surface area contributed by atoms with Gasteiger partial charge in [-0.3, -0.25) is 14.2 Å². The Hall–Kier alpha value is -3.68. The summed E-state index contributed by atoms with van der Waals surface area (Å²) in [6, 6.07) is 12.7. The van der Waals surface area contributed by atoms with Crippen molar-refractivity contribution in [3.8, 4) is 0 Å². The van der Waals surface area contributed by atoms with Crippen molar-refractivity contribution >= 4 is 28.0 Å². The molecule has 4 aromatic rings. The first kappa shape index (κ1) is 17.7. The van der Waals surface area contributed by atoms with Crippen LogP contribution in [-0.4, -0.2) is 15.0 Å². The van der Waals surface area contributed by atoms with Gasteiger partial charge in [-0.1, -0.05) is 24.3 Å². The summed E-state index contributed by atoms with van der Waals surface area (Å²) >= 11 is 0. The van der Waals surface area contributed by atoms with Gasteiger partial charge in [0.1, 0.15) is 23.5 Å². The molecule has 0 aliphatic rings. The van der Waals surface area contributed by atoms with Crippen LogP contribution in [-0.2, 0) is 24.9 Å². The molecule has 28 heavy (non-hydrogen) atoms. The number of benzene rings is 2. The van der Waals surface area contributed by atoms with Gasteiger partial charge in [-0.15, -0.1) is 0 Å². The summed E-state index contributed by atoms with van der Waals surface area (Å²) in [4.78, 5) is 37.7. The van der Waals surface area contributed by atoms with E-state index in [1.807, 2.05) is 0 Å². The molecule has 0 fully saturated rings. The number of halogens is 1. The molecule has 2 heterocycles. The third kappa shape index (κ3) is 2.98. The summed E-state index contributed by atoms with van der Waals surface area (Å²) in [6.07, 6.45) is 0. The van der Waals surface area contributed by atoms with E-state index >= 15 is 0 Å². The Labute approximate surface area is 157 Å². The number of para-hydroxylation sites is 1. The topological polar surface area (TPSA) is 86.2 Å². The van der Waals surface area contributed by atoms with Gasteiger partial charge in [0.25, 0.3) is 5.56 Å². The van der Waals surface area contributed by atoms with Gasteiger partial charge in [0.05, 0.1) is 0 Å². The number of furan rings is 1. The molecule has 0 unspecified atom stereocenters. The second kappa shape index (κ2) is 6.80. The molecule has 0 saturated carbocycles. The quantitative estimate of drug-likeness (QED) is 0.585. The van der Waals surface area contributed by atoms with E-state index in [2.05, 4.69) is 5.32 Å². The molecular formula is C20H16FN3O4. The fourth-order valence-electron chi connectivity index (χ4n) is 3.14. The maximum absolute atomic E-state index is 12.9. The number of carbonyl (C=O) groups excluding carboxylic acids is 1. The first-order valence-electron chi connectivity index (χ1n) is 8.58. The lowest BCUT2D eigenvalue weighted by Crippen LogP contribution is -2.42. The van der Waals surface area contributed by atoms with Crippen molar-refractivity contribution in [3.63, 3.8) is 0 Å². The molecule has 142 valence electrons. The van der Waals surface area contributed by atoms with Crippen LogP contribution in [0.1, 0.15) is 5.56 Å². The summed E-state index contributed by atoms with van der Waals surface area (Å²) in [5.41, 5.74) is 0.335. The Bertz CT molecular complexity index is 1320. The second-order valence-electron chi connectivity index (χ2n) is 6.41. The fourth-order valence-corrected chi connectivity index (χ4v) is 3.14. The number of carbonyl (C=O) groups is 1. The van der Waals surface area contributed by atoms with Crippen LogP contribution in [0.25, 0.3) is 22.1 Å². The number of nitrogens with one attached hydrogen (secondary N) is 1. The van der Waals surface area contributed by atoms with E-state index in [4.69, 9.17) is 4.42 Å². The number of hydrogen-bond acceptors (Lipinski definition) is 4. The zero-order valence-electron chi connectivity index (χ0n) is 14.9. The van der Waals surface area contributed by atoms with Crippen molar-refractivity contribution in [2.75, 3.05) is 0 Å². The van der Waals surface area contributed by atoms with Crippen LogP contribution in [0.2, 0.25) is 0 Å². The molecule has 0 radical (unpaired) electrons. The Morgan fingerprint density at radius 2 is 1.82 bits per heavy atom. The summed E-state index contributed by atoms with van der Waals surface area (Å²) in [5, 5.41) is 3.27. The lowest BCUT2D eigenvalue weighted by Gasteiger charge is -2.09. The van der Waals surface area contributed by atoms with Crippen LogP contribution in [0.5, 0.6) is 0 Å². The minimum absolute atomic E-state index is 0.0228. The molecule has 2 aromatic carbocycles. The number of aromatic nitrogens is 2. The fraction of sp³-hybridized carbons (Fsp3) is 0.150. The third-order valence-corrected chi connectivity index (χ3v) is 4.57. The monoisotopic (exact) mass is 381 g/mol. The van der Waals surface area contributed by atoms with E-state index in [0.29, 0.717) is 22.0 Å². The lowest BCUT2D eigenvalue weighted by molar-refractivity contribution is -0.121. The van der Waals surface area contributed by atoms with Crippen molar-refractivity contribution in [1.29, 1.82) is 0 Å². The molecule has 1 amide bonds. The molecule has 8 heteroatoms. The highest BCUT2D eigenvalue weighted by atomic mass is 19.1. The summed E-state index contributed by atoms with van der Waals surface area (Å²) in [7, 11) is 1.53. The minimum atomic E-state index is -0.661. The number of rotatable bonds is 4. The Morgan fingerprint density at radius 3 is 2.57 bits per heavy atom. The van der Waals surface area contributed by atoms with Gasteiger partial charge in [-0.2, -0.15) is 0 Å². The van der Waals surface area contributed by atoms with Crippen LogP contribution in [0.3, 0.4) is 0 Å². The van der Waals surface area contributed by atoms with Gasteiger partial charge in [0.2, 0.25) is 11.5 Å². The highest BCUT2D eigenvalue weighted by molar-refractivity contribution is 6.02. The molecular weight excluding hydrogens is 365 g/mol. The van der Waals surface area contributed by atoms with Crippen LogP contribution in [0, 0.1) is 5.82 Å². The Kier molecular flexibility index (Phi) is 4.31. The van der Waals surface area contributed by atoms with Crippen molar-refractivity contribution in [2.24, 2.45) is 7.05 Å². The average Bonchev–Trinajstić information content (AvgIpc) is 3.09. The largest absolute Gasteiger partial charge is 0.449 e. The smallest absolute Gasteiger partial charge is 0.331 e. The molecule has 0 aliphatic carbocycles. The SMILES string of the molecule is Cn1c(=O)n(CC(=O)NCc2ccc(F)cc2)c(=O)c2oc3ccccc3c21. The second-order valence-corrected chi connectivity index (χ2v) is 6.41. The summed E-state index contributed by atoms with van der Waals surface area (Å²) in [5.74, 6) is -0.886. The predicted molar refractivity (Wildman–Crippen MR) is 101 cm³/mol. The van der Waals surface area contributed by atoms with Gasteiger partial charge in [0, 0.05) is 19.0 Å². The molecule has 2 aromatic heterocycles. The highest BCUT2D eigenvalue weighted by Gasteiger charge is 2.19. The van der Waals surface area contributed by atoms with Crippen molar-refractivity contribution in [2.45, 2.75) is 13.1 Å². The maximum Gasteiger partial charge on any atom is 0.331 e. The van der Waals surface area contributed by atoms with Crippen LogP contribution >= 0.6 is 0 Å². The zero-order chi connectivity index (χ0) is 19.8. The standard InChI is InChI=1S/C20H16FN3O4/c1-23-17-14-4-2-3-5-15(14)28-18(17)19(26)24(20(23)27)11-16(25)22-10-12-6-8-13(21)9-7-12/h2-9H,10-11H2,1H3,(H,22,25). The first-order valence-corrected chi connectivity index (χ1v) is 8.58. The average molecular weight is 381 g/mol. The zero-order valence-corrected chi connectivity index (χ0v) is 14.9. The molecule has 0 saturated heterocycles. The molecule has 0 bridgehead atoms. The molecule has 7 nitrogen and oxygen atoms in total. The van der Waals surface area contributed by atoms with E-state index in [-0.39, 0.29) is 17.9 Å². The van der Waals surface area contributed by atoms with E-state index in [1.165, 1.54) is 23.7 Å². The maximum atomic E-state index is 12.9. The normalized spacial score (nSPS) is 11.2. The van der Waals surface area contributed by atoms with E-state index in [9.17, 15) is 18.8 Å². The van der Waals surface area contributed by atoms with E-state index in [0.717, 1.165) is 4.57 Å². The Morgan fingerprint density at radius 1 is 1.11 bits per heavy atom. The van der Waals surface area contributed by atoms with Crippen LogP contribution < -0.4 is 16.6 Å². The molecule has 1 N–H and O–H groups in total. The summed E-state index contributed by atoms with van der Waals surface area (Å²) < 4.78 is 20.7.